The van der Waals surface area contributed by atoms with Gasteiger partial charge in [0.05, 0.1) is 0 Å². The average molecular weight is 329 g/mol. The molecule has 0 radical (unpaired) electrons. The van der Waals surface area contributed by atoms with E-state index in [1.54, 1.807) is 6.33 Å². The molecule has 0 spiro atoms. The number of hydrogen-bond acceptors (Lipinski definition) is 5. The second-order valence-corrected chi connectivity index (χ2v) is 8.80. The first kappa shape index (κ1) is 17.2. The quantitative estimate of drug-likeness (QED) is 0.833. The van der Waals surface area contributed by atoms with Crippen molar-refractivity contribution < 1.29 is 0 Å². The molecule has 1 fully saturated rings. The lowest BCUT2D eigenvalue weighted by atomic mass is 10.1. The molecule has 1 aromatic heterocycles. The summed E-state index contributed by atoms with van der Waals surface area (Å²) in [5.41, 5.74) is 0. The Morgan fingerprint density at radius 1 is 1.38 bits per heavy atom. The van der Waals surface area contributed by atoms with Crippen molar-refractivity contribution in [2.24, 2.45) is 5.92 Å². The van der Waals surface area contributed by atoms with E-state index in [1.165, 1.54) is 11.5 Å². The molecular formula is C15H28N4S2. The third-order valence-electron chi connectivity index (χ3n) is 3.74. The fraction of sp³-hybridized carbons (Fsp3) is 0.867. The van der Waals surface area contributed by atoms with Crippen LogP contribution in [0.1, 0.15) is 33.5 Å². The molecule has 1 aliphatic rings. The van der Waals surface area contributed by atoms with E-state index in [4.69, 9.17) is 0 Å². The maximum absolute atomic E-state index is 4.51. The molecular weight excluding hydrogens is 300 g/mol. The maximum Gasteiger partial charge on any atom is 0.138 e. The summed E-state index contributed by atoms with van der Waals surface area (Å²) < 4.78 is 2.08. The highest BCUT2D eigenvalue weighted by Crippen LogP contribution is 2.33. The molecule has 21 heavy (non-hydrogen) atoms. The van der Waals surface area contributed by atoms with E-state index < -0.39 is 0 Å². The summed E-state index contributed by atoms with van der Waals surface area (Å²) in [4.78, 5) is 4.51. The van der Waals surface area contributed by atoms with E-state index in [0.29, 0.717) is 22.5 Å². The number of likely N-dealkylation sites (N-methyl/N-ethyl adjacent to an activating group) is 1. The molecule has 2 rings (SSSR count). The van der Waals surface area contributed by atoms with Crippen LogP contribution < -0.4 is 5.32 Å². The lowest BCUT2D eigenvalue weighted by Crippen LogP contribution is -2.46. The molecule has 6 heteroatoms. The molecule has 2 heterocycles. The highest BCUT2D eigenvalue weighted by Gasteiger charge is 2.31. The molecule has 0 bridgehead atoms. The molecule has 1 aromatic rings. The first-order valence-electron chi connectivity index (χ1n) is 7.95. The molecule has 3 atom stereocenters. The number of nitrogens with one attached hydrogen (secondary N) is 1. The first-order valence-corrected chi connectivity index (χ1v) is 10.0. The zero-order chi connectivity index (χ0) is 15.2. The van der Waals surface area contributed by atoms with Gasteiger partial charge in [0.25, 0.3) is 0 Å². The molecule has 0 aliphatic carbocycles. The van der Waals surface area contributed by atoms with Gasteiger partial charge in [0, 0.05) is 41.0 Å². The van der Waals surface area contributed by atoms with Gasteiger partial charge in [0.2, 0.25) is 0 Å². The van der Waals surface area contributed by atoms with Crippen molar-refractivity contribution in [3.8, 4) is 0 Å². The Balaban J connectivity index is 2.07. The monoisotopic (exact) mass is 328 g/mol. The van der Waals surface area contributed by atoms with Gasteiger partial charge in [-0.05, 0) is 12.5 Å². The summed E-state index contributed by atoms with van der Waals surface area (Å²) >= 11 is 4.22. The van der Waals surface area contributed by atoms with E-state index in [2.05, 4.69) is 71.3 Å². The molecule has 120 valence electrons. The second kappa shape index (κ2) is 8.44. The normalized spacial score (nSPS) is 24.4. The SMILES string of the molecule is CCNC(Cc1ncnn1CC(C)C)C1SCCSC1C. The smallest absolute Gasteiger partial charge is 0.138 e. The summed E-state index contributed by atoms with van der Waals surface area (Å²) in [6.07, 6.45) is 2.68. The Hall–Kier alpha value is -0.200. The van der Waals surface area contributed by atoms with Crippen molar-refractivity contribution in [3.63, 3.8) is 0 Å². The van der Waals surface area contributed by atoms with Crippen molar-refractivity contribution in [3.05, 3.63) is 12.2 Å². The van der Waals surface area contributed by atoms with E-state index in [9.17, 15) is 0 Å². The average Bonchev–Trinajstić information content (AvgIpc) is 2.85. The number of hydrogen-bond donors (Lipinski definition) is 1. The van der Waals surface area contributed by atoms with Gasteiger partial charge in [-0.15, -0.1) is 0 Å². The molecule has 0 saturated carbocycles. The number of aromatic nitrogens is 3. The van der Waals surface area contributed by atoms with Crippen LogP contribution in [0.3, 0.4) is 0 Å². The van der Waals surface area contributed by atoms with Crippen LogP contribution in [0.4, 0.5) is 0 Å². The van der Waals surface area contributed by atoms with Gasteiger partial charge in [-0.2, -0.15) is 28.6 Å². The Morgan fingerprint density at radius 2 is 2.14 bits per heavy atom. The largest absolute Gasteiger partial charge is 0.313 e. The Labute approximate surface area is 137 Å². The van der Waals surface area contributed by atoms with Crippen LogP contribution in [-0.4, -0.2) is 49.4 Å². The lowest BCUT2D eigenvalue weighted by Gasteiger charge is -2.34. The molecule has 0 aromatic carbocycles. The third kappa shape index (κ3) is 4.89. The van der Waals surface area contributed by atoms with Gasteiger partial charge in [-0.3, -0.25) is 0 Å². The predicted molar refractivity (Wildman–Crippen MR) is 94.2 cm³/mol. The summed E-state index contributed by atoms with van der Waals surface area (Å²) in [6.45, 7) is 11.0. The summed E-state index contributed by atoms with van der Waals surface area (Å²) in [5.74, 6) is 4.27. The van der Waals surface area contributed by atoms with Crippen molar-refractivity contribution >= 4 is 23.5 Å². The van der Waals surface area contributed by atoms with Crippen molar-refractivity contribution in [2.75, 3.05) is 18.1 Å². The van der Waals surface area contributed by atoms with E-state index >= 15 is 0 Å². The van der Waals surface area contributed by atoms with Gasteiger partial charge in [0.15, 0.2) is 0 Å². The van der Waals surface area contributed by atoms with Crippen molar-refractivity contribution in [2.45, 2.75) is 57.2 Å². The van der Waals surface area contributed by atoms with Crippen LogP contribution in [0.2, 0.25) is 0 Å². The van der Waals surface area contributed by atoms with Gasteiger partial charge in [0.1, 0.15) is 12.2 Å². The molecule has 1 aliphatic heterocycles. The van der Waals surface area contributed by atoms with E-state index in [1.807, 2.05) is 0 Å². The van der Waals surface area contributed by atoms with Gasteiger partial charge in [-0.1, -0.05) is 27.7 Å². The zero-order valence-electron chi connectivity index (χ0n) is 13.6. The predicted octanol–water partition coefficient (Wildman–Crippen LogP) is 2.69. The minimum absolute atomic E-state index is 0.484. The van der Waals surface area contributed by atoms with Crippen LogP contribution in [0.5, 0.6) is 0 Å². The summed E-state index contributed by atoms with van der Waals surface area (Å²) in [5, 5.41) is 9.45. The molecule has 1 saturated heterocycles. The molecule has 0 amide bonds. The minimum atomic E-state index is 0.484. The van der Waals surface area contributed by atoms with Crippen LogP contribution >= 0.6 is 23.5 Å². The van der Waals surface area contributed by atoms with Crippen LogP contribution in [0, 0.1) is 5.92 Å². The molecule has 3 unspecified atom stereocenters. The van der Waals surface area contributed by atoms with Crippen molar-refractivity contribution in [1.29, 1.82) is 0 Å². The highest BCUT2D eigenvalue weighted by molar-refractivity contribution is 8.07. The number of thioether (sulfide) groups is 2. The Kier molecular flexibility index (Phi) is 6.89. The number of rotatable bonds is 7. The maximum atomic E-state index is 4.51. The third-order valence-corrected chi connectivity index (χ3v) is 6.99. The van der Waals surface area contributed by atoms with Gasteiger partial charge >= 0.3 is 0 Å². The highest BCUT2D eigenvalue weighted by atomic mass is 32.2. The van der Waals surface area contributed by atoms with Crippen molar-refractivity contribution in [1.82, 2.24) is 20.1 Å². The summed E-state index contributed by atoms with van der Waals surface area (Å²) in [6, 6.07) is 0.484. The second-order valence-electron chi connectivity index (χ2n) is 6.03. The first-order chi connectivity index (χ1) is 10.1. The molecule has 1 N–H and O–H groups in total. The van der Waals surface area contributed by atoms with Gasteiger partial charge < -0.3 is 5.32 Å². The molecule has 4 nitrogen and oxygen atoms in total. The Morgan fingerprint density at radius 3 is 2.81 bits per heavy atom. The van der Waals surface area contributed by atoms with E-state index in [0.717, 1.165) is 25.3 Å². The fourth-order valence-electron chi connectivity index (χ4n) is 2.80. The van der Waals surface area contributed by atoms with Crippen LogP contribution in [0.15, 0.2) is 6.33 Å². The zero-order valence-corrected chi connectivity index (χ0v) is 15.2. The standard InChI is InChI=1S/C15H28N4S2/c1-5-16-13(15-12(4)20-6-7-21-15)8-14-17-10-18-19(14)9-11(2)3/h10-13,15-16H,5-9H2,1-4H3. The fourth-order valence-corrected chi connectivity index (χ4v) is 5.76. The van der Waals surface area contributed by atoms with E-state index in [-0.39, 0.29) is 0 Å². The lowest BCUT2D eigenvalue weighted by molar-refractivity contribution is 0.436. The topological polar surface area (TPSA) is 42.7 Å². The summed E-state index contributed by atoms with van der Waals surface area (Å²) in [7, 11) is 0. The Bertz CT molecular complexity index is 422. The minimum Gasteiger partial charge on any atom is -0.313 e. The number of nitrogens with zero attached hydrogens (tertiary/aromatic N) is 3. The van der Waals surface area contributed by atoms with Crippen LogP contribution in [-0.2, 0) is 13.0 Å². The van der Waals surface area contributed by atoms with Gasteiger partial charge in [-0.25, -0.2) is 9.67 Å². The van der Waals surface area contributed by atoms with Crippen LogP contribution in [0.25, 0.3) is 0 Å².